The summed E-state index contributed by atoms with van der Waals surface area (Å²) in [4.78, 5) is 4.21. The quantitative estimate of drug-likeness (QED) is 0.935. The smallest absolute Gasteiger partial charge is 0.138 e. The minimum absolute atomic E-state index is 0.0295. The summed E-state index contributed by atoms with van der Waals surface area (Å²) in [6, 6.07) is 5.46. The van der Waals surface area contributed by atoms with E-state index >= 15 is 0 Å². The van der Waals surface area contributed by atoms with Gasteiger partial charge in [-0.25, -0.2) is 14.1 Å². The predicted molar refractivity (Wildman–Crippen MR) is 77.8 cm³/mol. The molecule has 2 atom stereocenters. The zero-order valence-electron chi connectivity index (χ0n) is 11.2. The van der Waals surface area contributed by atoms with E-state index in [1.807, 2.05) is 23.7 Å². The first-order valence-electron chi connectivity index (χ1n) is 6.71. The fraction of sp³-hybridized carbons (Fsp3) is 0.429. The van der Waals surface area contributed by atoms with Gasteiger partial charge < -0.3 is 5.32 Å². The second-order valence-electron chi connectivity index (χ2n) is 5.15. The van der Waals surface area contributed by atoms with Crippen molar-refractivity contribution in [2.75, 3.05) is 0 Å². The first-order valence-corrected chi connectivity index (χ1v) is 7.50. The zero-order valence-corrected chi connectivity index (χ0v) is 12.8. The van der Waals surface area contributed by atoms with Crippen LogP contribution in [-0.2, 0) is 13.0 Å². The Morgan fingerprint density at radius 1 is 1.50 bits per heavy atom. The van der Waals surface area contributed by atoms with Crippen molar-refractivity contribution in [3.8, 4) is 0 Å². The minimum Gasteiger partial charge on any atom is -0.305 e. The molecule has 1 aliphatic heterocycles. The lowest BCUT2D eigenvalue weighted by Crippen LogP contribution is -2.39. The molecule has 4 nitrogen and oxygen atoms in total. The topological polar surface area (TPSA) is 42.7 Å². The van der Waals surface area contributed by atoms with E-state index < -0.39 is 0 Å². The first-order chi connectivity index (χ1) is 9.63. The van der Waals surface area contributed by atoms with Crippen LogP contribution < -0.4 is 5.32 Å². The highest BCUT2D eigenvalue weighted by Crippen LogP contribution is 2.22. The number of hydrogen-bond donors (Lipinski definition) is 1. The molecule has 1 N–H and O–H groups in total. The molecule has 1 aromatic carbocycles. The highest BCUT2D eigenvalue weighted by atomic mass is 79.9. The fourth-order valence-corrected chi connectivity index (χ4v) is 3.00. The van der Waals surface area contributed by atoms with Crippen LogP contribution in [0.2, 0.25) is 0 Å². The van der Waals surface area contributed by atoms with E-state index in [4.69, 9.17) is 0 Å². The molecule has 2 heterocycles. The number of hydrogen-bond acceptors (Lipinski definition) is 3. The highest BCUT2D eigenvalue weighted by molar-refractivity contribution is 9.10. The number of fused-ring (bicyclic) bond motifs is 1. The van der Waals surface area contributed by atoms with Gasteiger partial charge in [0.1, 0.15) is 18.0 Å². The Morgan fingerprint density at radius 2 is 2.35 bits per heavy atom. The number of nitrogens with zero attached hydrogens (tertiary/aromatic N) is 3. The molecule has 106 valence electrons. The number of rotatable bonds is 3. The second kappa shape index (κ2) is 5.61. The van der Waals surface area contributed by atoms with Crippen LogP contribution in [0.25, 0.3) is 0 Å². The van der Waals surface area contributed by atoms with Crippen molar-refractivity contribution in [1.29, 1.82) is 0 Å². The Kier molecular flexibility index (Phi) is 3.85. The monoisotopic (exact) mass is 338 g/mol. The molecule has 6 heteroatoms. The van der Waals surface area contributed by atoms with E-state index in [1.54, 1.807) is 6.33 Å². The molecular formula is C14H16BrFN4. The third kappa shape index (κ3) is 2.76. The Balaban J connectivity index is 1.69. The molecular weight excluding hydrogens is 323 g/mol. The Bertz CT molecular complexity index is 613. The lowest BCUT2D eigenvalue weighted by Gasteiger charge is -2.27. The summed E-state index contributed by atoms with van der Waals surface area (Å²) in [7, 11) is 0. The van der Waals surface area contributed by atoms with Crippen LogP contribution in [-0.4, -0.2) is 20.8 Å². The summed E-state index contributed by atoms with van der Waals surface area (Å²) in [5.41, 5.74) is 0.692. The Hall–Kier alpha value is -1.27. The normalized spacial score (nSPS) is 19.6. The standard InChI is InChI=1S/C14H16BrFN4/c1-9(12-4-2-10(15)6-13(12)16)19-11-3-5-14-17-8-18-20(14)7-11/h2,4,6,8-9,11,19H,3,5,7H2,1H3/t9-,11-/m0/s1. The maximum absolute atomic E-state index is 13.9. The number of benzene rings is 1. The molecule has 2 aromatic rings. The van der Waals surface area contributed by atoms with Crippen LogP contribution in [0.15, 0.2) is 29.0 Å². The highest BCUT2D eigenvalue weighted by Gasteiger charge is 2.22. The molecule has 0 radical (unpaired) electrons. The van der Waals surface area contributed by atoms with E-state index in [2.05, 4.69) is 31.3 Å². The zero-order chi connectivity index (χ0) is 14.1. The molecule has 3 rings (SSSR count). The van der Waals surface area contributed by atoms with Gasteiger partial charge in [0, 0.05) is 28.5 Å². The molecule has 1 aliphatic rings. The van der Waals surface area contributed by atoms with Crippen LogP contribution in [0.5, 0.6) is 0 Å². The summed E-state index contributed by atoms with van der Waals surface area (Å²) in [6.45, 7) is 2.78. The lowest BCUT2D eigenvalue weighted by molar-refractivity contribution is 0.331. The van der Waals surface area contributed by atoms with Gasteiger partial charge in [-0.15, -0.1) is 0 Å². The average molecular weight is 339 g/mol. The number of halogens is 2. The maximum atomic E-state index is 13.9. The maximum Gasteiger partial charge on any atom is 0.138 e. The minimum atomic E-state index is -0.184. The molecule has 0 fully saturated rings. The van der Waals surface area contributed by atoms with Crippen LogP contribution in [0, 0.1) is 5.82 Å². The van der Waals surface area contributed by atoms with Gasteiger partial charge in [0.2, 0.25) is 0 Å². The van der Waals surface area contributed by atoms with Gasteiger partial charge in [-0.2, -0.15) is 5.10 Å². The molecule has 0 bridgehead atoms. The summed E-state index contributed by atoms with van der Waals surface area (Å²) < 4.78 is 16.6. The van der Waals surface area contributed by atoms with Gasteiger partial charge in [-0.1, -0.05) is 22.0 Å². The van der Waals surface area contributed by atoms with Crippen LogP contribution >= 0.6 is 15.9 Å². The van der Waals surface area contributed by atoms with E-state index in [-0.39, 0.29) is 11.9 Å². The van der Waals surface area contributed by atoms with Gasteiger partial charge in [0.25, 0.3) is 0 Å². The van der Waals surface area contributed by atoms with Gasteiger partial charge in [0.05, 0.1) is 6.54 Å². The molecule has 0 saturated carbocycles. The summed E-state index contributed by atoms with van der Waals surface area (Å²) in [6.07, 6.45) is 3.50. The second-order valence-corrected chi connectivity index (χ2v) is 6.06. The van der Waals surface area contributed by atoms with E-state index in [1.165, 1.54) is 6.07 Å². The van der Waals surface area contributed by atoms with E-state index in [0.717, 1.165) is 29.7 Å². The van der Waals surface area contributed by atoms with Crippen molar-refractivity contribution in [2.45, 2.75) is 38.4 Å². The van der Waals surface area contributed by atoms with Crippen molar-refractivity contribution in [2.24, 2.45) is 0 Å². The van der Waals surface area contributed by atoms with Gasteiger partial charge >= 0.3 is 0 Å². The summed E-state index contributed by atoms with van der Waals surface area (Å²) in [5, 5.41) is 7.68. The Labute approximate surface area is 125 Å². The van der Waals surface area contributed by atoms with Gasteiger partial charge in [-0.3, -0.25) is 0 Å². The summed E-state index contributed by atoms with van der Waals surface area (Å²) >= 11 is 3.28. The van der Waals surface area contributed by atoms with Crippen LogP contribution in [0.3, 0.4) is 0 Å². The summed E-state index contributed by atoms with van der Waals surface area (Å²) in [5.74, 6) is 0.849. The van der Waals surface area contributed by atoms with Crippen molar-refractivity contribution in [3.63, 3.8) is 0 Å². The molecule has 0 aliphatic carbocycles. The number of nitrogens with one attached hydrogen (secondary N) is 1. The molecule has 0 unspecified atom stereocenters. The molecule has 0 spiro atoms. The van der Waals surface area contributed by atoms with Crippen molar-refractivity contribution in [1.82, 2.24) is 20.1 Å². The van der Waals surface area contributed by atoms with Crippen molar-refractivity contribution >= 4 is 15.9 Å². The third-order valence-electron chi connectivity index (χ3n) is 3.72. The van der Waals surface area contributed by atoms with Crippen LogP contribution in [0.1, 0.15) is 30.8 Å². The molecule has 0 saturated heterocycles. The van der Waals surface area contributed by atoms with Crippen molar-refractivity contribution < 1.29 is 4.39 Å². The number of aryl methyl sites for hydroxylation is 1. The lowest BCUT2D eigenvalue weighted by atomic mass is 10.0. The first kappa shape index (κ1) is 13.7. The molecule has 1 aromatic heterocycles. The number of aromatic nitrogens is 3. The Morgan fingerprint density at radius 3 is 3.15 bits per heavy atom. The largest absolute Gasteiger partial charge is 0.305 e. The molecule has 0 amide bonds. The van der Waals surface area contributed by atoms with Gasteiger partial charge in [0.15, 0.2) is 0 Å². The van der Waals surface area contributed by atoms with Crippen molar-refractivity contribution in [3.05, 3.63) is 46.2 Å². The average Bonchev–Trinajstić information content (AvgIpc) is 2.85. The SMILES string of the molecule is C[C@H](N[C@H]1CCc2ncnn2C1)c1ccc(Br)cc1F. The predicted octanol–water partition coefficient (Wildman–Crippen LogP) is 2.85. The van der Waals surface area contributed by atoms with E-state index in [9.17, 15) is 4.39 Å². The van der Waals surface area contributed by atoms with Crippen LogP contribution in [0.4, 0.5) is 4.39 Å². The van der Waals surface area contributed by atoms with Gasteiger partial charge in [-0.05, 0) is 25.5 Å². The third-order valence-corrected chi connectivity index (χ3v) is 4.21. The fourth-order valence-electron chi connectivity index (χ4n) is 2.67. The van der Waals surface area contributed by atoms with E-state index in [0.29, 0.717) is 11.6 Å². The molecule has 20 heavy (non-hydrogen) atoms.